The maximum absolute atomic E-state index is 12.9. The molecule has 0 fully saturated rings. The lowest BCUT2D eigenvalue weighted by Gasteiger charge is -1.97. The lowest BCUT2D eigenvalue weighted by Crippen LogP contribution is -2.12. The summed E-state index contributed by atoms with van der Waals surface area (Å²) in [6, 6.07) is 5.77. The van der Waals surface area contributed by atoms with E-state index < -0.39 is 0 Å². The standard InChI is InChI=1S/C14H12FN5O2S/c1-8-18-19-14(23-8)16-11(21)6-7-12-17-13(20-22-12)9-2-4-10(15)5-3-9/h2-5H,6-7H2,1H3,(H,16,19,21). The van der Waals surface area contributed by atoms with Gasteiger partial charge in [0, 0.05) is 18.4 Å². The summed E-state index contributed by atoms with van der Waals surface area (Å²) in [6.07, 6.45) is 0.488. The molecule has 3 rings (SSSR count). The fourth-order valence-electron chi connectivity index (χ4n) is 1.82. The number of carbonyl (C=O) groups excluding carboxylic acids is 1. The van der Waals surface area contributed by atoms with Crippen LogP contribution in [0.15, 0.2) is 28.8 Å². The number of rotatable bonds is 5. The van der Waals surface area contributed by atoms with Gasteiger partial charge in [0.25, 0.3) is 0 Å². The molecule has 0 aliphatic carbocycles. The molecular weight excluding hydrogens is 321 g/mol. The number of aryl methyl sites for hydroxylation is 2. The van der Waals surface area contributed by atoms with Gasteiger partial charge in [-0.3, -0.25) is 4.79 Å². The number of nitrogens with zero attached hydrogens (tertiary/aromatic N) is 4. The summed E-state index contributed by atoms with van der Waals surface area (Å²) in [4.78, 5) is 16.0. The Balaban J connectivity index is 1.56. The van der Waals surface area contributed by atoms with Crippen LogP contribution in [0, 0.1) is 12.7 Å². The first-order valence-electron chi connectivity index (χ1n) is 6.78. The zero-order chi connectivity index (χ0) is 16.2. The van der Waals surface area contributed by atoms with Crippen LogP contribution in [0.3, 0.4) is 0 Å². The number of amides is 1. The molecule has 1 N–H and O–H groups in total. The molecule has 0 aliphatic heterocycles. The van der Waals surface area contributed by atoms with Crippen molar-refractivity contribution in [1.29, 1.82) is 0 Å². The number of nitrogens with one attached hydrogen (secondary N) is 1. The van der Waals surface area contributed by atoms with E-state index in [4.69, 9.17) is 4.52 Å². The fraction of sp³-hybridized carbons (Fsp3) is 0.214. The van der Waals surface area contributed by atoms with Crippen molar-refractivity contribution < 1.29 is 13.7 Å². The van der Waals surface area contributed by atoms with Crippen LogP contribution in [0.2, 0.25) is 0 Å². The maximum Gasteiger partial charge on any atom is 0.227 e. The molecule has 0 bridgehead atoms. The highest BCUT2D eigenvalue weighted by molar-refractivity contribution is 7.15. The van der Waals surface area contributed by atoms with Gasteiger partial charge < -0.3 is 9.84 Å². The lowest BCUT2D eigenvalue weighted by atomic mass is 10.2. The van der Waals surface area contributed by atoms with Gasteiger partial charge in [0.1, 0.15) is 10.8 Å². The summed E-state index contributed by atoms with van der Waals surface area (Å²) < 4.78 is 18.0. The van der Waals surface area contributed by atoms with Crippen LogP contribution < -0.4 is 5.32 Å². The molecule has 0 saturated carbocycles. The molecule has 0 atom stereocenters. The van der Waals surface area contributed by atoms with Crippen LogP contribution in [0.4, 0.5) is 9.52 Å². The van der Waals surface area contributed by atoms with Gasteiger partial charge >= 0.3 is 0 Å². The molecule has 118 valence electrons. The van der Waals surface area contributed by atoms with Gasteiger partial charge in [-0.05, 0) is 31.2 Å². The minimum absolute atomic E-state index is 0.184. The predicted molar refractivity (Wildman–Crippen MR) is 81.3 cm³/mol. The van der Waals surface area contributed by atoms with Crippen molar-refractivity contribution >= 4 is 22.4 Å². The first-order chi connectivity index (χ1) is 11.1. The van der Waals surface area contributed by atoms with Crippen molar-refractivity contribution in [1.82, 2.24) is 20.3 Å². The third kappa shape index (κ3) is 3.95. The number of hydrogen-bond acceptors (Lipinski definition) is 7. The normalized spacial score (nSPS) is 10.7. The Morgan fingerprint density at radius 1 is 1.30 bits per heavy atom. The Morgan fingerprint density at radius 2 is 2.09 bits per heavy atom. The molecule has 2 heterocycles. The smallest absolute Gasteiger partial charge is 0.227 e. The van der Waals surface area contributed by atoms with Crippen molar-refractivity contribution in [2.24, 2.45) is 0 Å². The van der Waals surface area contributed by atoms with Crippen LogP contribution in [0.5, 0.6) is 0 Å². The highest BCUT2D eigenvalue weighted by Gasteiger charge is 2.12. The maximum atomic E-state index is 12.9. The van der Waals surface area contributed by atoms with E-state index >= 15 is 0 Å². The van der Waals surface area contributed by atoms with Gasteiger partial charge in [-0.1, -0.05) is 16.5 Å². The Labute approximate surface area is 134 Å². The molecule has 0 saturated heterocycles. The second kappa shape index (κ2) is 6.61. The average Bonchev–Trinajstić information content (AvgIpc) is 3.15. The van der Waals surface area contributed by atoms with E-state index in [0.717, 1.165) is 5.01 Å². The summed E-state index contributed by atoms with van der Waals surface area (Å²) in [7, 11) is 0. The molecule has 7 nitrogen and oxygen atoms in total. The summed E-state index contributed by atoms with van der Waals surface area (Å²) in [5.74, 6) is 0.164. The molecule has 1 amide bonds. The van der Waals surface area contributed by atoms with Crippen molar-refractivity contribution in [3.05, 3.63) is 41.0 Å². The number of aromatic nitrogens is 4. The molecule has 0 radical (unpaired) electrons. The van der Waals surface area contributed by atoms with E-state index in [1.165, 1.54) is 23.5 Å². The van der Waals surface area contributed by atoms with Crippen LogP contribution in [0.1, 0.15) is 17.3 Å². The average molecular weight is 333 g/mol. The summed E-state index contributed by atoms with van der Waals surface area (Å²) in [5, 5.41) is 15.3. The van der Waals surface area contributed by atoms with Crippen LogP contribution >= 0.6 is 11.3 Å². The first-order valence-corrected chi connectivity index (χ1v) is 7.60. The number of benzene rings is 1. The highest BCUT2D eigenvalue weighted by atomic mass is 32.1. The van der Waals surface area contributed by atoms with Gasteiger partial charge in [-0.25, -0.2) is 4.39 Å². The topological polar surface area (TPSA) is 93.8 Å². The number of anilines is 1. The first kappa shape index (κ1) is 15.2. The third-order valence-electron chi connectivity index (χ3n) is 2.91. The third-order valence-corrected chi connectivity index (χ3v) is 3.66. The Morgan fingerprint density at radius 3 is 2.78 bits per heavy atom. The molecule has 3 aromatic rings. The van der Waals surface area contributed by atoms with Crippen LogP contribution in [-0.4, -0.2) is 26.2 Å². The lowest BCUT2D eigenvalue weighted by molar-refractivity contribution is -0.116. The largest absolute Gasteiger partial charge is 0.339 e. The van der Waals surface area contributed by atoms with Crippen molar-refractivity contribution in [3.8, 4) is 11.4 Å². The van der Waals surface area contributed by atoms with Crippen molar-refractivity contribution in [2.75, 3.05) is 5.32 Å². The molecule has 0 spiro atoms. The Hall–Kier alpha value is -2.68. The molecule has 0 aliphatic rings. The SMILES string of the molecule is Cc1nnc(NC(=O)CCc2nc(-c3ccc(F)cc3)no2)s1. The molecule has 9 heteroatoms. The Bertz CT molecular complexity index is 815. The second-order valence-electron chi connectivity index (χ2n) is 4.69. The highest BCUT2D eigenvalue weighted by Crippen LogP contribution is 2.17. The molecule has 2 aromatic heterocycles. The number of carbonyl (C=O) groups is 1. The van der Waals surface area contributed by atoms with E-state index in [9.17, 15) is 9.18 Å². The molecule has 0 unspecified atom stereocenters. The zero-order valence-electron chi connectivity index (χ0n) is 12.1. The minimum Gasteiger partial charge on any atom is -0.339 e. The van der Waals surface area contributed by atoms with E-state index in [2.05, 4.69) is 25.7 Å². The van der Waals surface area contributed by atoms with Gasteiger partial charge in [0.15, 0.2) is 0 Å². The van der Waals surface area contributed by atoms with Gasteiger partial charge in [-0.15, -0.1) is 10.2 Å². The summed E-state index contributed by atoms with van der Waals surface area (Å²) >= 11 is 1.30. The number of halogens is 1. The quantitative estimate of drug-likeness (QED) is 0.771. The summed E-state index contributed by atoms with van der Waals surface area (Å²) in [6.45, 7) is 1.81. The van der Waals surface area contributed by atoms with E-state index in [1.807, 2.05) is 6.92 Å². The second-order valence-corrected chi connectivity index (χ2v) is 5.87. The molecular formula is C14H12FN5O2S. The molecule has 1 aromatic carbocycles. The van der Waals surface area contributed by atoms with Crippen molar-refractivity contribution in [2.45, 2.75) is 19.8 Å². The van der Waals surface area contributed by atoms with E-state index in [0.29, 0.717) is 28.8 Å². The summed E-state index contributed by atoms with van der Waals surface area (Å²) in [5.41, 5.74) is 0.648. The van der Waals surface area contributed by atoms with Gasteiger partial charge in [0.2, 0.25) is 22.8 Å². The monoisotopic (exact) mass is 333 g/mol. The van der Waals surface area contributed by atoms with Crippen LogP contribution in [0.25, 0.3) is 11.4 Å². The van der Waals surface area contributed by atoms with Crippen molar-refractivity contribution in [3.63, 3.8) is 0 Å². The number of hydrogen-bond donors (Lipinski definition) is 1. The van der Waals surface area contributed by atoms with Gasteiger partial charge in [-0.2, -0.15) is 4.98 Å². The molecule has 23 heavy (non-hydrogen) atoms. The zero-order valence-corrected chi connectivity index (χ0v) is 12.9. The van der Waals surface area contributed by atoms with E-state index in [-0.39, 0.29) is 18.1 Å². The van der Waals surface area contributed by atoms with E-state index in [1.54, 1.807) is 12.1 Å². The predicted octanol–water partition coefficient (Wildman–Crippen LogP) is 2.61. The Kier molecular flexibility index (Phi) is 4.38. The van der Waals surface area contributed by atoms with Gasteiger partial charge in [0.05, 0.1) is 0 Å². The fourth-order valence-corrected chi connectivity index (χ4v) is 2.43. The minimum atomic E-state index is -0.332. The van der Waals surface area contributed by atoms with Crippen LogP contribution in [-0.2, 0) is 11.2 Å².